The van der Waals surface area contributed by atoms with Gasteiger partial charge in [-0.2, -0.15) is 0 Å². The zero-order chi connectivity index (χ0) is 16.4. The fraction of sp³-hybridized carbons (Fsp3) is 0.625. The molecule has 0 aromatic carbocycles. The molecule has 1 atom stereocenters. The van der Waals surface area contributed by atoms with Gasteiger partial charge in [0.1, 0.15) is 4.88 Å². The highest BCUT2D eigenvalue weighted by Crippen LogP contribution is 2.27. The fourth-order valence-corrected chi connectivity index (χ4v) is 4.26. The van der Waals surface area contributed by atoms with Crippen molar-refractivity contribution >= 4 is 22.2 Å². The summed E-state index contributed by atoms with van der Waals surface area (Å²) in [6.45, 7) is 5.35. The number of hydrogen-bond donors (Lipinski definition) is 0. The van der Waals surface area contributed by atoms with Crippen LogP contribution < -0.4 is 0 Å². The van der Waals surface area contributed by atoms with Crippen LogP contribution in [0.4, 0.5) is 0 Å². The van der Waals surface area contributed by atoms with Crippen LogP contribution in [0.15, 0.2) is 12.4 Å². The summed E-state index contributed by atoms with van der Waals surface area (Å²) in [5, 5.41) is 0. The van der Waals surface area contributed by atoms with Crippen LogP contribution in [0.2, 0.25) is 0 Å². The topological polar surface area (TPSA) is 50.1 Å². The summed E-state index contributed by atoms with van der Waals surface area (Å²) in [6, 6.07) is 0.290. The second kappa shape index (κ2) is 6.98. The molecule has 0 spiro atoms. The normalized spacial score (nSPS) is 18.4. The van der Waals surface area contributed by atoms with Gasteiger partial charge in [0.05, 0.1) is 6.61 Å². The van der Waals surface area contributed by atoms with Gasteiger partial charge in [0, 0.05) is 50.9 Å². The molecule has 3 rings (SSSR count). The Morgan fingerprint density at radius 3 is 3.13 bits per heavy atom. The van der Waals surface area contributed by atoms with Crippen LogP contribution in [0.25, 0.3) is 4.96 Å². The van der Waals surface area contributed by atoms with E-state index in [0.717, 1.165) is 54.6 Å². The number of methoxy groups -OCH3 is 1. The molecule has 1 fully saturated rings. The number of aromatic nitrogens is 2. The lowest BCUT2D eigenvalue weighted by Crippen LogP contribution is -2.42. The van der Waals surface area contributed by atoms with E-state index in [1.165, 1.54) is 11.3 Å². The van der Waals surface area contributed by atoms with Gasteiger partial charge in [-0.1, -0.05) is 11.3 Å². The molecule has 2 aromatic rings. The van der Waals surface area contributed by atoms with E-state index in [9.17, 15) is 4.79 Å². The van der Waals surface area contributed by atoms with E-state index in [2.05, 4.69) is 16.9 Å². The van der Waals surface area contributed by atoms with Crippen molar-refractivity contribution in [1.29, 1.82) is 0 Å². The maximum atomic E-state index is 13.0. The van der Waals surface area contributed by atoms with Gasteiger partial charge in [-0.05, 0) is 26.8 Å². The minimum Gasteiger partial charge on any atom is -0.383 e. The molecule has 23 heavy (non-hydrogen) atoms. The Morgan fingerprint density at radius 1 is 1.57 bits per heavy atom. The average Bonchev–Trinajstić information content (AvgIpc) is 3.23. The SMILES string of the molecule is COCCN(C)C[C@@H]1CCCN1C(=O)c1sc2nccn2c1C. The van der Waals surface area contributed by atoms with Gasteiger partial charge in [0.2, 0.25) is 0 Å². The molecule has 1 amide bonds. The van der Waals surface area contributed by atoms with Crippen molar-refractivity contribution in [2.45, 2.75) is 25.8 Å². The maximum absolute atomic E-state index is 13.0. The molecule has 1 aliphatic rings. The van der Waals surface area contributed by atoms with E-state index < -0.39 is 0 Å². The number of likely N-dealkylation sites (N-methyl/N-ethyl adjacent to an activating group) is 1. The second-order valence-electron chi connectivity index (χ2n) is 6.15. The largest absolute Gasteiger partial charge is 0.383 e. The molecule has 0 radical (unpaired) electrons. The molecule has 0 aliphatic carbocycles. The van der Waals surface area contributed by atoms with Crippen LogP contribution >= 0.6 is 11.3 Å². The molecule has 0 saturated carbocycles. The van der Waals surface area contributed by atoms with Crippen LogP contribution in [-0.4, -0.2) is 71.5 Å². The predicted molar refractivity (Wildman–Crippen MR) is 91.2 cm³/mol. The van der Waals surface area contributed by atoms with Gasteiger partial charge in [0.15, 0.2) is 4.96 Å². The lowest BCUT2D eigenvalue weighted by molar-refractivity contribution is 0.0701. The molecule has 0 N–H and O–H groups in total. The first-order chi connectivity index (χ1) is 11.1. The van der Waals surface area contributed by atoms with Crippen molar-refractivity contribution < 1.29 is 9.53 Å². The van der Waals surface area contributed by atoms with Crippen molar-refractivity contribution in [3.8, 4) is 0 Å². The summed E-state index contributed by atoms with van der Waals surface area (Å²) in [6.07, 6.45) is 5.84. The van der Waals surface area contributed by atoms with Crippen molar-refractivity contribution in [2.75, 3.05) is 40.4 Å². The third kappa shape index (κ3) is 3.27. The molecular weight excluding hydrogens is 312 g/mol. The Labute approximate surface area is 140 Å². The minimum absolute atomic E-state index is 0.153. The van der Waals surface area contributed by atoms with Crippen LogP contribution in [0.1, 0.15) is 28.2 Å². The summed E-state index contributed by atoms with van der Waals surface area (Å²) in [7, 11) is 3.81. The average molecular weight is 336 g/mol. The first kappa shape index (κ1) is 16.4. The molecule has 2 aromatic heterocycles. The Balaban J connectivity index is 1.72. The van der Waals surface area contributed by atoms with Crippen LogP contribution in [0.3, 0.4) is 0 Å². The monoisotopic (exact) mass is 336 g/mol. The molecule has 0 bridgehead atoms. The summed E-state index contributed by atoms with van der Waals surface area (Å²) in [4.78, 5) is 23.3. The summed E-state index contributed by atoms with van der Waals surface area (Å²) in [5.74, 6) is 0.153. The van der Waals surface area contributed by atoms with Crippen LogP contribution in [-0.2, 0) is 4.74 Å². The lowest BCUT2D eigenvalue weighted by Gasteiger charge is -2.28. The van der Waals surface area contributed by atoms with Gasteiger partial charge >= 0.3 is 0 Å². The van der Waals surface area contributed by atoms with Crippen molar-refractivity contribution in [3.05, 3.63) is 23.0 Å². The second-order valence-corrected chi connectivity index (χ2v) is 7.12. The summed E-state index contributed by atoms with van der Waals surface area (Å²) < 4.78 is 7.12. The lowest BCUT2D eigenvalue weighted by atomic mass is 10.2. The smallest absolute Gasteiger partial charge is 0.266 e. The quantitative estimate of drug-likeness (QED) is 0.808. The van der Waals surface area contributed by atoms with E-state index in [1.54, 1.807) is 13.3 Å². The predicted octanol–water partition coefficient (Wildman–Crippen LogP) is 1.89. The van der Waals surface area contributed by atoms with E-state index in [-0.39, 0.29) is 11.9 Å². The third-order valence-corrected chi connectivity index (χ3v) is 5.68. The highest BCUT2D eigenvalue weighted by atomic mass is 32.1. The minimum atomic E-state index is 0.153. The number of hydrogen-bond acceptors (Lipinski definition) is 5. The zero-order valence-corrected chi connectivity index (χ0v) is 14.8. The van der Waals surface area contributed by atoms with Gasteiger partial charge in [-0.25, -0.2) is 4.98 Å². The van der Waals surface area contributed by atoms with Crippen LogP contribution in [0, 0.1) is 6.92 Å². The Bertz CT molecular complexity index is 681. The molecule has 3 heterocycles. The van der Waals surface area contributed by atoms with E-state index in [4.69, 9.17) is 4.74 Å². The van der Waals surface area contributed by atoms with Crippen molar-refractivity contribution in [3.63, 3.8) is 0 Å². The van der Waals surface area contributed by atoms with E-state index in [1.807, 2.05) is 22.4 Å². The van der Waals surface area contributed by atoms with Gasteiger partial charge in [-0.3, -0.25) is 9.20 Å². The third-order valence-electron chi connectivity index (χ3n) is 4.52. The number of carbonyl (C=O) groups excluding carboxylic acids is 1. The molecule has 6 nitrogen and oxygen atoms in total. The number of likely N-dealkylation sites (tertiary alicyclic amines) is 1. The van der Waals surface area contributed by atoms with Gasteiger partial charge in [-0.15, -0.1) is 0 Å². The van der Waals surface area contributed by atoms with Crippen molar-refractivity contribution in [1.82, 2.24) is 19.2 Å². The van der Waals surface area contributed by atoms with Gasteiger partial charge < -0.3 is 14.5 Å². The number of fused-ring (bicyclic) bond motifs is 1. The molecule has 126 valence electrons. The number of amides is 1. The Kier molecular flexibility index (Phi) is 4.99. The summed E-state index contributed by atoms with van der Waals surface area (Å²) >= 11 is 1.49. The zero-order valence-electron chi connectivity index (χ0n) is 14.0. The first-order valence-corrected chi connectivity index (χ1v) is 8.84. The van der Waals surface area contributed by atoms with Crippen LogP contribution in [0.5, 0.6) is 0 Å². The molecular formula is C16H24N4O2S. The number of carbonyl (C=O) groups is 1. The van der Waals surface area contributed by atoms with E-state index in [0.29, 0.717) is 0 Å². The summed E-state index contributed by atoms with van der Waals surface area (Å²) in [5.41, 5.74) is 0.992. The van der Waals surface area contributed by atoms with Gasteiger partial charge in [0.25, 0.3) is 5.91 Å². The molecule has 1 saturated heterocycles. The van der Waals surface area contributed by atoms with Crippen molar-refractivity contribution in [2.24, 2.45) is 0 Å². The number of imidazole rings is 1. The number of nitrogens with zero attached hydrogens (tertiary/aromatic N) is 4. The Morgan fingerprint density at radius 2 is 2.39 bits per heavy atom. The van der Waals surface area contributed by atoms with E-state index >= 15 is 0 Å². The highest BCUT2D eigenvalue weighted by molar-refractivity contribution is 7.19. The highest BCUT2D eigenvalue weighted by Gasteiger charge is 2.32. The fourth-order valence-electron chi connectivity index (χ4n) is 3.21. The number of ether oxygens (including phenoxy) is 1. The maximum Gasteiger partial charge on any atom is 0.266 e. The Hall–Kier alpha value is -1.44. The molecule has 0 unspecified atom stereocenters. The number of rotatable bonds is 6. The molecule has 7 heteroatoms. The first-order valence-electron chi connectivity index (χ1n) is 8.02. The molecule has 1 aliphatic heterocycles. The number of aryl methyl sites for hydroxylation is 1. The standard InChI is InChI=1S/C16H24N4O2S/c1-12-14(23-16-17-6-8-19(12)16)15(21)20-7-4-5-13(20)11-18(2)9-10-22-3/h6,8,13H,4-5,7,9-11H2,1-3H3/t13-/m0/s1. The number of thiazole rings is 1.